The minimum absolute atomic E-state index is 0.254. The second-order valence-corrected chi connectivity index (χ2v) is 7.39. The van der Waals surface area contributed by atoms with E-state index >= 15 is 4.39 Å². The van der Waals surface area contributed by atoms with Crippen LogP contribution in [0.5, 0.6) is 5.75 Å². The minimum Gasteiger partial charge on any atom is -0.484 e. The molecule has 2 aromatic heterocycles. The van der Waals surface area contributed by atoms with E-state index in [1.54, 1.807) is 18.6 Å². The number of hydrogen-bond acceptors (Lipinski definition) is 6. The lowest BCUT2D eigenvalue weighted by molar-refractivity contribution is -0.192. The largest absolute Gasteiger partial charge is 0.490 e. The van der Waals surface area contributed by atoms with Gasteiger partial charge in [0.05, 0.1) is 36.3 Å². The van der Waals surface area contributed by atoms with Crippen molar-refractivity contribution < 1.29 is 32.2 Å². The molecule has 1 aliphatic carbocycles. The summed E-state index contributed by atoms with van der Waals surface area (Å²) in [6, 6.07) is 3.69. The number of aromatic nitrogens is 4. The molecule has 0 amide bonds. The van der Waals surface area contributed by atoms with Gasteiger partial charge < -0.3 is 20.1 Å². The number of carboxylic acid groups (broad SMARTS) is 1. The van der Waals surface area contributed by atoms with Crippen LogP contribution in [0.25, 0.3) is 11.3 Å². The van der Waals surface area contributed by atoms with Crippen LogP contribution in [0.1, 0.15) is 36.4 Å². The SMILES string of the molecule is Cn1cncc1COc1c(C2CCC2)ccc(-c2cnc(N)cn2)c1F.O=C(O)C(F)(F)F. The number of aryl methyl sites for hydroxylation is 1. The molecule has 0 aliphatic heterocycles. The van der Waals surface area contributed by atoms with Crippen LogP contribution in [0.2, 0.25) is 0 Å². The Hall–Kier alpha value is -3.70. The highest BCUT2D eigenvalue weighted by atomic mass is 19.4. The fraction of sp³-hybridized carbons (Fsp3) is 0.333. The molecule has 4 rings (SSSR count). The first-order chi connectivity index (χ1) is 15.6. The number of alkyl halides is 3. The van der Waals surface area contributed by atoms with Crippen molar-refractivity contribution in [2.45, 2.75) is 38.0 Å². The zero-order valence-corrected chi connectivity index (χ0v) is 17.5. The summed E-state index contributed by atoms with van der Waals surface area (Å²) in [4.78, 5) is 21.2. The van der Waals surface area contributed by atoms with Crippen LogP contribution in [-0.2, 0) is 18.4 Å². The summed E-state index contributed by atoms with van der Waals surface area (Å²) >= 11 is 0. The Kier molecular flexibility index (Phi) is 7.14. The van der Waals surface area contributed by atoms with Crippen LogP contribution in [0, 0.1) is 5.82 Å². The van der Waals surface area contributed by atoms with Gasteiger partial charge in [0.15, 0.2) is 11.6 Å². The van der Waals surface area contributed by atoms with Gasteiger partial charge in [0, 0.05) is 18.2 Å². The number of rotatable bonds is 5. The molecule has 0 spiro atoms. The number of ether oxygens (including phenoxy) is 1. The monoisotopic (exact) mass is 467 g/mol. The zero-order valence-electron chi connectivity index (χ0n) is 17.5. The van der Waals surface area contributed by atoms with Crippen LogP contribution in [0.4, 0.5) is 23.4 Å². The zero-order chi connectivity index (χ0) is 24.2. The van der Waals surface area contributed by atoms with E-state index in [4.69, 9.17) is 20.4 Å². The fourth-order valence-electron chi connectivity index (χ4n) is 3.10. The van der Waals surface area contributed by atoms with Gasteiger partial charge in [-0.2, -0.15) is 13.2 Å². The Labute approximate surface area is 186 Å². The van der Waals surface area contributed by atoms with Crippen molar-refractivity contribution in [1.82, 2.24) is 19.5 Å². The molecule has 176 valence electrons. The van der Waals surface area contributed by atoms with Gasteiger partial charge in [-0.05, 0) is 24.8 Å². The summed E-state index contributed by atoms with van der Waals surface area (Å²) in [6.07, 6.45) is 4.51. The average Bonchev–Trinajstić information content (AvgIpc) is 3.12. The lowest BCUT2D eigenvalue weighted by Crippen LogP contribution is -2.21. The van der Waals surface area contributed by atoms with E-state index in [0.29, 0.717) is 28.7 Å². The van der Waals surface area contributed by atoms with Crippen LogP contribution in [0.3, 0.4) is 0 Å². The van der Waals surface area contributed by atoms with E-state index in [9.17, 15) is 13.2 Å². The average molecular weight is 467 g/mol. The van der Waals surface area contributed by atoms with E-state index in [1.807, 2.05) is 17.7 Å². The fourth-order valence-corrected chi connectivity index (χ4v) is 3.10. The lowest BCUT2D eigenvalue weighted by Gasteiger charge is -2.28. The van der Waals surface area contributed by atoms with E-state index in [1.165, 1.54) is 18.8 Å². The number of carbonyl (C=O) groups is 1. The molecule has 2 heterocycles. The molecule has 0 saturated heterocycles. The van der Waals surface area contributed by atoms with E-state index in [-0.39, 0.29) is 6.61 Å². The number of carboxylic acids is 1. The van der Waals surface area contributed by atoms with Crippen LogP contribution >= 0.6 is 0 Å². The van der Waals surface area contributed by atoms with Crippen molar-refractivity contribution in [3.05, 3.63) is 54.1 Å². The van der Waals surface area contributed by atoms with Gasteiger partial charge in [-0.3, -0.25) is 4.98 Å². The van der Waals surface area contributed by atoms with Gasteiger partial charge >= 0.3 is 12.1 Å². The maximum atomic E-state index is 15.3. The van der Waals surface area contributed by atoms with Crippen molar-refractivity contribution >= 4 is 11.8 Å². The lowest BCUT2D eigenvalue weighted by atomic mass is 9.79. The number of hydrogen-bond donors (Lipinski definition) is 2. The molecule has 1 aliphatic rings. The quantitative estimate of drug-likeness (QED) is 0.543. The molecule has 0 atom stereocenters. The van der Waals surface area contributed by atoms with Gasteiger partial charge in [0.1, 0.15) is 12.4 Å². The Balaban J connectivity index is 0.000000383. The van der Waals surface area contributed by atoms with Crippen molar-refractivity contribution in [2.24, 2.45) is 7.05 Å². The van der Waals surface area contributed by atoms with Crippen LogP contribution in [-0.4, -0.2) is 36.8 Å². The molecule has 33 heavy (non-hydrogen) atoms. The Morgan fingerprint density at radius 1 is 1.24 bits per heavy atom. The smallest absolute Gasteiger partial charge is 0.484 e. The number of imidazole rings is 1. The predicted molar refractivity (Wildman–Crippen MR) is 110 cm³/mol. The molecular formula is C21H21F4N5O3. The molecule has 1 aromatic carbocycles. The number of aliphatic carboxylic acids is 1. The summed E-state index contributed by atoms with van der Waals surface area (Å²) in [6.45, 7) is 0.254. The molecular weight excluding hydrogens is 446 g/mol. The van der Waals surface area contributed by atoms with Crippen LogP contribution < -0.4 is 10.5 Å². The molecule has 3 aromatic rings. The van der Waals surface area contributed by atoms with Gasteiger partial charge in [-0.1, -0.05) is 12.5 Å². The molecule has 8 nitrogen and oxygen atoms in total. The summed E-state index contributed by atoms with van der Waals surface area (Å²) in [7, 11) is 1.88. The van der Waals surface area contributed by atoms with Crippen molar-refractivity contribution in [2.75, 3.05) is 5.73 Å². The third kappa shape index (κ3) is 5.76. The summed E-state index contributed by atoms with van der Waals surface area (Å²) in [5, 5.41) is 7.12. The molecule has 1 fully saturated rings. The molecule has 3 N–H and O–H groups in total. The Morgan fingerprint density at radius 2 is 1.94 bits per heavy atom. The number of anilines is 1. The third-order valence-electron chi connectivity index (χ3n) is 5.14. The highest BCUT2D eigenvalue weighted by Gasteiger charge is 2.38. The molecule has 0 unspecified atom stereocenters. The maximum absolute atomic E-state index is 15.3. The predicted octanol–water partition coefficient (Wildman–Crippen LogP) is 4.08. The van der Waals surface area contributed by atoms with Crippen molar-refractivity contribution in [3.63, 3.8) is 0 Å². The standard InChI is InChI=1S/C19H20FN5O.C2HF3O2/c1-25-11-22-7-13(25)10-26-19-14(12-3-2-4-12)5-6-15(18(19)20)16-8-24-17(21)9-23-16;3-2(4,5)1(6)7/h5-9,11-12H,2-4,10H2,1H3,(H2,21,24);(H,6,7). The van der Waals surface area contributed by atoms with Crippen molar-refractivity contribution in [1.29, 1.82) is 0 Å². The Morgan fingerprint density at radius 3 is 2.42 bits per heavy atom. The summed E-state index contributed by atoms with van der Waals surface area (Å²) in [5.74, 6) is -2.22. The minimum atomic E-state index is -5.08. The third-order valence-corrected chi connectivity index (χ3v) is 5.14. The molecule has 1 saturated carbocycles. The van der Waals surface area contributed by atoms with Crippen LogP contribution in [0.15, 0.2) is 37.1 Å². The second kappa shape index (κ2) is 9.84. The first kappa shape index (κ1) is 24.0. The topological polar surface area (TPSA) is 116 Å². The number of nitrogen functional groups attached to an aromatic ring is 1. The molecule has 0 radical (unpaired) electrons. The van der Waals surface area contributed by atoms with E-state index in [2.05, 4.69) is 15.0 Å². The Bertz CT molecular complexity index is 1110. The molecule has 12 heteroatoms. The summed E-state index contributed by atoms with van der Waals surface area (Å²) < 4.78 is 54.8. The van der Waals surface area contributed by atoms with Gasteiger partial charge in [0.2, 0.25) is 0 Å². The first-order valence-electron chi connectivity index (χ1n) is 9.86. The van der Waals surface area contributed by atoms with Crippen molar-refractivity contribution in [3.8, 4) is 17.0 Å². The van der Waals surface area contributed by atoms with Gasteiger partial charge in [-0.15, -0.1) is 0 Å². The highest BCUT2D eigenvalue weighted by Crippen LogP contribution is 2.44. The van der Waals surface area contributed by atoms with Gasteiger partial charge in [-0.25, -0.2) is 19.2 Å². The number of nitrogens with zero attached hydrogens (tertiary/aromatic N) is 4. The first-order valence-corrected chi connectivity index (χ1v) is 9.86. The summed E-state index contributed by atoms with van der Waals surface area (Å²) in [5.41, 5.74) is 8.17. The van der Waals surface area contributed by atoms with Gasteiger partial charge in [0.25, 0.3) is 0 Å². The maximum Gasteiger partial charge on any atom is 0.490 e. The van der Waals surface area contributed by atoms with E-state index in [0.717, 1.165) is 24.1 Å². The van der Waals surface area contributed by atoms with E-state index < -0.39 is 18.0 Å². The number of halogens is 4. The number of benzene rings is 1. The second-order valence-electron chi connectivity index (χ2n) is 7.39. The number of nitrogens with two attached hydrogens (primary N) is 1. The normalized spacial score (nSPS) is 13.6. The highest BCUT2D eigenvalue weighted by molar-refractivity contribution is 5.73. The molecule has 0 bridgehead atoms.